The number of para-hydroxylation sites is 1. The van der Waals surface area contributed by atoms with Crippen molar-refractivity contribution in [3.05, 3.63) is 90.8 Å². The minimum Gasteiger partial charge on any atom is -0.453 e. The summed E-state index contributed by atoms with van der Waals surface area (Å²) in [7, 11) is 0. The third-order valence-electron chi connectivity index (χ3n) is 5.00. The van der Waals surface area contributed by atoms with Crippen LogP contribution < -0.4 is 5.32 Å². The van der Waals surface area contributed by atoms with E-state index in [1.807, 2.05) is 79.0 Å². The Morgan fingerprint density at radius 3 is 2.58 bits per heavy atom. The fourth-order valence-electron chi connectivity index (χ4n) is 3.34. The van der Waals surface area contributed by atoms with Crippen LogP contribution in [0.2, 0.25) is 0 Å². The second-order valence-electron chi connectivity index (χ2n) is 7.28. The number of amides is 1. The molecule has 1 unspecified atom stereocenters. The molecule has 31 heavy (non-hydrogen) atoms. The van der Waals surface area contributed by atoms with Crippen molar-refractivity contribution >= 4 is 28.3 Å². The Balaban J connectivity index is 1.30. The Hall–Kier alpha value is -3.93. The van der Waals surface area contributed by atoms with Gasteiger partial charge in [0.1, 0.15) is 0 Å². The third kappa shape index (κ3) is 4.98. The number of benzene rings is 3. The van der Waals surface area contributed by atoms with Gasteiger partial charge in [-0.05, 0) is 42.5 Å². The highest BCUT2D eigenvalue weighted by Crippen LogP contribution is 2.23. The number of carbonyl (C=O) groups excluding carboxylic acids is 2. The van der Waals surface area contributed by atoms with Crippen molar-refractivity contribution in [2.24, 2.45) is 0 Å². The number of carbonyl (C=O) groups is 2. The van der Waals surface area contributed by atoms with Crippen LogP contribution in [0.1, 0.15) is 18.9 Å². The van der Waals surface area contributed by atoms with Crippen molar-refractivity contribution in [1.29, 1.82) is 0 Å². The fourth-order valence-corrected chi connectivity index (χ4v) is 3.34. The minimum atomic E-state index is -0.890. The van der Waals surface area contributed by atoms with Crippen LogP contribution in [0.25, 0.3) is 16.5 Å². The van der Waals surface area contributed by atoms with E-state index in [4.69, 9.17) is 4.74 Å². The first kappa shape index (κ1) is 20.3. The molecule has 0 aliphatic heterocycles. The Kier molecular flexibility index (Phi) is 6.08. The Bertz CT molecular complexity index is 1200. The first-order valence-electron chi connectivity index (χ1n) is 10.2. The van der Waals surface area contributed by atoms with Gasteiger partial charge in [0, 0.05) is 23.7 Å². The van der Waals surface area contributed by atoms with E-state index in [-0.39, 0.29) is 12.3 Å². The highest BCUT2D eigenvalue weighted by Gasteiger charge is 2.18. The van der Waals surface area contributed by atoms with E-state index in [0.717, 1.165) is 22.0 Å². The number of fused-ring (bicyclic) bond motifs is 1. The van der Waals surface area contributed by atoms with Crippen LogP contribution in [0.5, 0.6) is 0 Å². The lowest BCUT2D eigenvalue weighted by atomic mass is 10.1. The number of hydrogen-bond acceptors (Lipinski definition) is 4. The van der Waals surface area contributed by atoms with Gasteiger partial charge < -0.3 is 10.1 Å². The van der Waals surface area contributed by atoms with Crippen LogP contribution in [0.3, 0.4) is 0 Å². The molecular weight excluding hydrogens is 390 g/mol. The number of ether oxygens (including phenoxy) is 1. The standard InChI is InChI=1S/C25H23N3O3/c1-18(25(30)27-23-13-7-9-20-8-5-6-12-22(20)23)31-24(29)15-14-19-16-26-28(17-19)21-10-3-2-4-11-21/h2-13,16-18H,14-15H2,1H3,(H,27,30). The average molecular weight is 413 g/mol. The van der Waals surface area contributed by atoms with Gasteiger partial charge >= 0.3 is 5.97 Å². The van der Waals surface area contributed by atoms with E-state index in [0.29, 0.717) is 12.1 Å². The molecule has 0 aliphatic carbocycles. The first-order valence-corrected chi connectivity index (χ1v) is 10.2. The zero-order chi connectivity index (χ0) is 21.6. The van der Waals surface area contributed by atoms with Crippen molar-refractivity contribution in [1.82, 2.24) is 9.78 Å². The SMILES string of the molecule is CC(OC(=O)CCc1cnn(-c2ccccc2)c1)C(=O)Nc1cccc2ccccc12. The topological polar surface area (TPSA) is 73.2 Å². The predicted molar refractivity (Wildman–Crippen MR) is 120 cm³/mol. The first-order chi connectivity index (χ1) is 15.1. The van der Waals surface area contributed by atoms with E-state index in [1.54, 1.807) is 17.8 Å². The molecule has 1 heterocycles. The van der Waals surface area contributed by atoms with E-state index in [9.17, 15) is 9.59 Å². The molecule has 1 atom stereocenters. The number of aryl methyl sites for hydroxylation is 1. The molecule has 6 nitrogen and oxygen atoms in total. The number of rotatable bonds is 7. The lowest BCUT2D eigenvalue weighted by molar-refractivity contribution is -0.153. The van der Waals surface area contributed by atoms with Crippen LogP contribution in [0.15, 0.2) is 85.2 Å². The maximum Gasteiger partial charge on any atom is 0.306 e. The van der Waals surface area contributed by atoms with E-state index >= 15 is 0 Å². The third-order valence-corrected chi connectivity index (χ3v) is 5.00. The maximum atomic E-state index is 12.5. The molecule has 0 bridgehead atoms. The summed E-state index contributed by atoms with van der Waals surface area (Å²) in [5.74, 6) is -0.783. The molecule has 156 valence electrons. The van der Waals surface area contributed by atoms with E-state index in [2.05, 4.69) is 10.4 Å². The van der Waals surface area contributed by atoms with Gasteiger partial charge in [-0.3, -0.25) is 9.59 Å². The Morgan fingerprint density at radius 2 is 1.74 bits per heavy atom. The summed E-state index contributed by atoms with van der Waals surface area (Å²) in [5.41, 5.74) is 2.57. The number of anilines is 1. The van der Waals surface area contributed by atoms with Crippen LogP contribution in [0.4, 0.5) is 5.69 Å². The summed E-state index contributed by atoms with van der Waals surface area (Å²) >= 11 is 0. The lowest BCUT2D eigenvalue weighted by Gasteiger charge is -2.14. The van der Waals surface area contributed by atoms with E-state index in [1.165, 1.54) is 0 Å². The predicted octanol–water partition coefficient (Wildman–Crippen LogP) is 4.53. The Labute approximate surface area is 180 Å². The molecular formula is C25H23N3O3. The smallest absolute Gasteiger partial charge is 0.306 e. The number of esters is 1. The molecule has 0 saturated carbocycles. The fraction of sp³-hybridized carbons (Fsp3) is 0.160. The molecule has 0 fully saturated rings. The van der Waals surface area contributed by atoms with Gasteiger partial charge in [-0.15, -0.1) is 0 Å². The molecule has 0 radical (unpaired) electrons. The van der Waals surface area contributed by atoms with Gasteiger partial charge in [0.2, 0.25) is 0 Å². The van der Waals surface area contributed by atoms with Gasteiger partial charge in [-0.25, -0.2) is 4.68 Å². The molecule has 4 rings (SSSR count). The minimum absolute atomic E-state index is 0.173. The number of nitrogens with zero attached hydrogens (tertiary/aromatic N) is 2. The van der Waals surface area contributed by atoms with Crippen molar-refractivity contribution in [3.8, 4) is 5.69 Å². The normalized spacial score (nSPS) is 11.8. The van der Waals surface area contributed by atoms with Crippen LogP contribution in [0, 0.1) is 0 Å². The molecule has 4 aromatic rings. The van der Waals surface area contributed by atoms with Crippen molar-refractivity contribution in [2.45, 2.75) is 25.9 Å². The molecule has 6 heteroatoms. The van der Waals surface area contributed by atoms with Gasteiger partial charge in [0.05, 0.1) is 11.9 Å². The van der Waals surface area contributed by atoms with Crippen molar-refractivity contribution in [3.63, 3.8) is 0 Å². The molecule has 1 aromatic heterocycles. The second kappa shape index (κ2) is 9.26. The molecule has 3 aromatic carbocycles. The van der Waals surface area contributed by atoms with Gasteiger partial charge in [-0.1, -0.05) is 54.6 Å². The number of nitrogens with one attached hydrogen (secondary N) is 1. The van der Waals surface area contributed by atoms with Crippen LogP contribution in [-0.2, 0) is 20.7 Å². The van der Waals surface area contributed by atoms with Crippen LogP contribution >= 0.6 is 0 Å². The summed E-state index contributed by atoms with van der Waals surface area (Å²) in [5, 5.41) is 9.15. The zero-order valence-electron chi connectivity index (χ0n) is 17.2. The van der Waals surface area contributed by atoms with Crippen molar-refractivity contribution < 1.29 is 14.3 Å². The quantitative estimate of drug-likeness (QED) is 0.452. The number of hydrogen-bond donors (Lipinski definition) is 1. The van der Waals surface area contributed by atoms with E-state index < -0.39 is 12.1 Å². The second-order valence-corrected chi connectivity index (χ2v) is 7.28. The maximum absolute atomic E-state index is 12.5. The monoisotopic (exact) mass is 413 g/mol. The van der Waals surface area contributed by atoms with Gasteiger partial charge in [-0.2, -0.15) is 5.10 Å². The largest absolute Gasteiger partial charge is 0.453 e. The Morgan fingerprint density at radius 1 is 1.00 bits per heavy atom. The zero-order valence-corrected chi connectivity index (χ0v) is 17.2. The molecule has 0 spiro atoms. The number of aromatic nitrogens is 2. The lowest BCUT2D eigenvalue weighted by Crippen LogP contribution is -2.30. The highest BCUT2D eigenvalue weighted by atomic mass is 16.5. The molecule has 1 N–H and O–H groups in total. The highest BCUT2D eigenvalue weighted by molar-refractivity contribution is 6.03. The summed E-state index contributed by atoms with van der Waals surface area (Å²) in [6, 6.07) is 23.2. The summed E-state index contributed by atoms with van der Waals surface area (Å²) < 4.78 is 7.10. The van der Waals surface area contributed by atoms with Gasteiger partial charge in [0.15, 0.2) is 6.10 Å². The van der Waals surface area contributed by atoms with Crippen molar-refractivity contribution in [2.75, 3.05) is 5.32 Å². The molecule has 0 saturated heterocycles. The summed E-state index contributed by atoms with van der Waals surface area (Å²) in [4.78, 5) is 24.8. The average Bonchev–Trinajstić information content (AvgIpc) is 3.28. The molecule has 1 amide bonds. The molecule has 0 aliphatic rings. The summed E-state index contributed by atoms with van der Waals surface area (Å²) in [6.45, 7) is 1.58. The van der Waals surface area contributed by atoms with Crippen LogP contribution in [-0.4, -0.2) is 27.8 Å². The van der Waals surface area contributed by atoms with Gasteiger partial charge in [0.25, 0.3) is 5.91 Å². The summed E-state index contributed by atoms with van der Waals surface area (Å²) in [6.07, 6.45) is 3.39.